The van der Waals surface area contributed by atoms with E-state index in [2.05, 4.69) is 36.0 Å². The van der Waals surface area contributed by atoms with Crippen molar-refractivity contribution in [2.75, 3.05) is 32.9 Å². The second kappa shape index (κ2) is 8.89. The molecule has 35 heavy (non-hydrogen) atoms. The van der Waals surface area contributed by atoms with Crippen LogP contribution in [0, 0.1) is 0 Å². The first kappa shape index (κ1) is 23.7. The van der Waals surface area contributed by atoms with E-state index in [9.17, 15) is 13.2 Å². The molecule has 0 saturated carbocycles. The molecular formula is C26H29N3O5S. The molecule has 0 unspecified atom stereocenters. The van der Waals surface area contributed by atoms with Crippen LogP contribution in [0.4, 0.5) is 0 Å². The van der Waals surface area contributed by atoms with E-state index >= 15 is 0 Å². The minimum atomic E-state index is -3.61. The third-order valence-electron chi connectivity index (χ3n) is 6.88. The van der Waals surface area contributed by atoms with Gasteiger partial charge in [-0.3, -0.25) is 4.90 Å². The summed E-state index contributed by atoms with van der Waals surface area (Å²) in [5, 5.41) is 4.58. The molecule has 9 heteroatoms. The summed E-state index contributed by atoms with van der Waals surface area (Å²) in [6, 6.07) is 14.9. The lowest BCUT2D eigenvalue weighted by Gasteiger charge is -2.41. The van der Waals surface area contributed by atoms with Crippen molar-refractivity contribution < 1.29 is 22.7 Å². The fraction of sp³-hybridized carbons (Fsp3) is 0.385. The van der Waals surface area contributed by atoms with Crippen LogP contribution in [0.3, 0.4) is 0 Å². The minimum Gasteiger partial charge on any atom is -0.461 e. The number of fused-ring (bicyclic) bond motifs is 3. The maximum atomic E-state index is 13.0. The van der Waals surface area contributed by atoms with Crippen molar-refractivity contribution in [3.05, 3.63) is 65.4 Å². The van der Waals surface area contributed by atoms with Crippen molar-refractivity contribution in [3.8, 4) is 16.9 Å². The number of nitrogens with zero attached hydrogens (tertiary/aromatic N) is 3. The van der Waals surface area contributed by atoms with Gasteiger partial charge in [0.05, 0.1) is 41.9 Å². The van der Waals surface area contributed by atoms with E-state index in [0.717, 1.165) is 37.6 Å². The average Bonchev–Trinajstić information content (AvgIpc) is 3.24. The van der Waals surface area contributed by atoms with Gasteiger partial charge in [0, 0.05) is 29.8 Å². The number of carbonyl (C=O) groups is 1. The summed E-state index contributed by atoms with van der Waals surface area (Å²) in [7, 11) is -3.61. The standard InChI is InChI=1S/C26H29N3O5S/c1-4-34-25(30)23-21-17-35(31,32)22-8-6-5-7-20(22)24(21)29(27-23)19-11-9-18(10-12-19)26(2,3)28-13-15-33-16-14-28/h5-12H,4,13-17H2,1-3H3. The fourth-order valence-electron chi connectivity index (χ4n) is 4.93. The normalized spacial score (nSPS) is 17.5. The molecule has 5 rings (SSSR count). The summed E-state index contributed by atoms with van der Waals surface area (Å²) in [5.41, 5.74) is 3.28. The van der Waals surface area contributed by atoms with Crippen LogP contribution < -0.4 is 0 Å². The van der Waals surface area contributed by atoms with E-state index in [1.807, 2.05) is 12.1 Å². The number of hydrogen-bond donors (Lipinski definition) is 0. The first-order valence-electron chi connectivity index (χ1n) is 11.8. The number of aromatic nitrogens is 2. The number of ether oxygens (including phenoxy) is 2. The van der Waals surface area contributed by atoms with Crippen LogP contribution in [-0.4, -0.2) is 62.0 Å². The van der Waals surface area contributed by atoms with Gasteiger partial charge in [-0.05, 0) is 44.5 Å². The van der Waals surface area contributed by atoms with Gasteiger partial charge in [0.1, 0.15) is 0 Å². The van der Waals surface area contributed by atoms with Gasteiger partial charge in [-0.25, -0.2) is 17.9 Å². The molecule has 3 aromatic rings. The maximum Gasteiger partial charge on any atom is 0.359 e. The topological polar surface area (TPSA) is 90.7 Å². The molecule has 0 bridgehead atoms. The Bertz CT molecular complexity index is 1370. The molecule has 0 aliphatic carbocycles. The number of sulfone groups is 1. The Labute approximate surface area is 205 Å². The zero-order chi connectivity index (χ0) is 24.8. The Balaban J connectivity index is 1.62. The molecule has 2 aromatic carbocycles. The molecule has 2 aliphatic heterocycles. The lowest BCUT2D eigenvalue weighted by atomic mass is 9.91. The Hall–Kier alpha value is -3.01. The summed E-state index contributed by atoms with van der Waals surface area (Å²) in [5.74, 6) is -0.919. The van der Waals surface area contributed by atoms with Crippen LogP contribution in [0.15, 0.2) is 53.4 Å². The number of esters is 1. The quantitative estimate of drug-likeness (QED) is 0.500. The van der Waals surface area contributed by atoms with Gasteiger partial charge in [0.15, 0.2) is 15.5 Å². The monoisotopic (exact) mass is 495 g/mol. The van der Waals surface area contributed by atoms with Gasteiger partial charge in [0.25, 0.3) is 0 Å². The van der Waals surface area contributed by atoms with Crippen molar-refractivity contribution >= 4 is 15.8 Å². The molecule has 0 N–H and O–H groups in total. The molecule has 0 amide bonds. The number of benzene rings is 2. The first-order chi connectivity index (χ1) is 16.7. The van der Waals surface area contributed by atoms with Crippen molar-refractivity contribution in [2.24, 2.45) is 0 Å². The summed E-state index contributed by atoms with van der Waals surface area (Å²) in [6.45, 7) is 9.47. The van der Waals surface area contributed by atoms with Crippen LogP contribution in [0.1, 0.15) is 42.4 Å². The molecule has 0 radical (unpaired) electrons. The van der Waals surface area contributed by atoms with Crippen molar-refractivity contribution in [1.29, 1.82) is 0 Å². The van der Waals surface area contributed by atoms with Crippen molar-refractivity contribution in [2.45, 2.75) is 37.0 Å². The highest BCUT2D eigenvalue weighted by atomic mass is 32.2. The summed E-state index contributed by atoms with van der Waals surface area (Å²) in [6.07, 6.45) is 0. The molecule has 3 heterocycles. The summed E-state index contributed by atoms with van der Waals surface area (Å²) >= 11 is 0. The zero-order valence-corrected chi connectivity index (χ0v) is 21.0. The lowest BCUT2D eigenvalue weighted by Crippen LogP contribution is -2.47. The molecule has 184 valence electrons. The molecule has 2 aliphatic rings. The third-order valence-corrected chi connectivity index (χ3v) is 8.58. The van der Waals surface area contributed by atoms with Crippen LogP contribution in [0.5, 0.6) is 0 Å². The van der Waals surface area contributed by atoms with E-state index in [1.54, 1.807) is 35.9 Å². The van der Waals surface area contributed by atoms with Gasteiger partial charge in [0.2, 0.25) is 0 Å². The van der Waals surface area contributed by atoms with Crippen molar-refractivity contribution in [3.63, 3.8) is 0 Å². The molecule has 1 aromatic heterocycles. The van der Waals surface area contributed by atoms with Crippen LogP contribution in [0.2, 0.25) is 0 Å². The molecular weight excluding hydrogens is 466 g/mol. The number of morpholine rings is 1. The maximum absolute atomic E-state index is 13.0. The molecule has 0 atom stereocenters. The van der Waals surface area contributed by atoms with E-state index in [1.165, 1.54) is 0 Å². The largest absolute Gasteiger partial charge is 0.461 e. The molecule has 1 saturated heterocycles. The first-order valence-corrected chi connectivity index (χ1v) is 13.4. The van der Waals surface area contributed by atoms with Gasteiger partial charge in [-0.2, -0.15) is 5.10 Å². The van der Waals surface area contributed by atoms with E-state index in [0.29, 0.717) is 16.8 Å². The zero-order valence-electron chi connectivity index (χ0n) is 20.2. The summed E-state index contributed by atoms with van der Waals surface area (Å²) < 4.78 is 38.4. The van der Waals surface area contributed by atoms with Gasteiger partial charge in [-0.15, -0.1) is 0 Å². The highest BCUT2D eigenvalue weighted by Gasteiger charge is 2.36. The number of rotatable bonds is 5. The molecule has 1 fully saturated rings. The Morgan fingerprint density at radius 1 is 1.09 bits per heavy atom. The second-order valence-corrected chi connectivity index (χ2v) is 11.2. The van der Waals surface area contributed by atoms with Crippen LogP contribution >= 0.6 is 0 Å². The van der Waals surface area contributed by atoms with Gasteiger partial charge in [-0.1, -0.05) is 30.3 Å². The van der Waals surface area contributed by atoms with Gasteiger partial charge < -0.3 is 9.47 Å². The molecule has 0 spiro atoms. The fourth-order valence-corrected chi connectivity index (χ4v) is 6.53. The smallest absolute Gasteiger partial charge is 0.359 e. The van der Waals surface area contributed by atoms with Crippen molar-refractivity contribution in [1.82, 2.24) is 14.7 Å². The van der Waals surface area contributed by atoms with Crippen LogP contribution in [0.25, 0.3) is 16.9 Å². The Morgan fingerprint density at radius 3 is 2.46 bits per heavy atom. The predicted octanol–water partition coefficient (Wildman–Crippen LogP) is 3.57. The third kappa shape index (κ3) is 4.07. The highest BCUT2D eigenvalue weighted by molar-refractivity contribution is 7.90. The van der Waals surface area contributed by atoms with E-state index in [4.69, 9.17) is 9.47 Å². The second-order valence-electron chi connectivity index (χ2n) is 9.27. The Morgan fingerprint density at radius 2 is 1.77 bits per heavy atom. The number of carbonyl (C=O) groups excluding carboxylic acids is 1. The van der Waals surface area contributed by atoms with Gasteiger partial charge >= 0.3 is 5.97 Å². The minimum absolute atomic E-state index is 0.0395. The van der Waals surface area contributed by atoms with E-state index in [-0.39, 0.29) is 28.5 Å². The molecule has 8 nitrogen and oxygen atoms in total. The summed E-state index contributed by atoms with van der Waals surface area (Å²) in [4.78, 5) is 15.4. The lowest BCUT2D eigenvalue weighted by molar-refractivity contribution is -0.0118. The Kier molecular flexibility index (Phi) is 6.03. The predicted molar refractivity (Wildman–Crippen MR) is 131 cm³/mol. The average molecular weight is 496 g/mol. The highest BCUT2D eigenvalue weighted by Crippen LogP contribution is 2.41. The van der Waals surface area contributed by atoms with Crippen LogP contribution in [-0.2, 0) is 30.6 Å². The van der Waals surface area contributed by atoms with E-state index < -0.39 is 15.8 Å². The number of hydrogen-bond acceptors (Lipinski definition) is 7. The SMILES string of the molecule is CCOC(=O)c1nn(-c2ccc(C(C)(C)N3CCOCC3)cc2)c2c1CS(=O)(=O)c1ccccc1-2.